The number of hydrogen-bond acceptors (Lipinski definition) is 5. The van der Waals surface area contributed by atoms with E-state index in [0.717, 1.165) is 5.56 Å². The molecule has 0 aromatic heterocycles. The van der Waals surface area contributed by atoms with Crippen LogP contribution in [0.1, 0.15) is 21.5 Å². The van der Waals surface area contributed by atoms with E-state index in [-0.39, 0.29) is 6.54 Å². The van der Waals surface area contributed by atoms with E-state index in [0.29, 0.717) is 21.9 Å². The highest BCUT2D eigenvalue weighted by Crippen LogP contribution is 2.12. The predicted octanol–water partition coefficient (Wildman–Crippen LogP) is 3.84. The van der Waals surface area contributed by atoms with E-state index in [1.54, 1.807) is 54.6 Å². The lowest BCUT2D eigenvalue weighted by Gasteiger charge is -2.04. The van der Waals surface area contributed by atoms with Gasteiger partial charge < -0.3 is 10.1 Å². The second-order valence-corrected chi connectivity index (χ2v) is 7.15. The summed E-state index contributed by atoms with van der Waals surface area (Å²) in [5.41, 5.74) is 4.30. The van der Waals surface area contributed by atoms with E-state index in [9.17, 15) is 14.4 Å². The molecule has 33 heavy (non-hydrogen) atoms. The van der Waals surface area contributed by atoms with Crippen molar-refractivity contribution in [3.05, 3.63) is 107 Å². The molecule has 0 fully saturated rings. The summed E-state index contributed by atoms with van der Waals surface area (Å²) in [6, 6.07) is 22.3. The van der Waals surface area contributed by atoms with Gasteiger partial charge in [0, 0.05) is 16.7 Å². The van der Waals surface area contributed by atoms with Crippen LogP contribution < -0.4 is 15.5 Å². The Morgan fingerprint density at radius 3 is 2.27 bits per heavy atom. The maximum absolute atomic E-state index is 12.0. The zero-order chi connectivity index (χ0) is 23.5. The summed E-state index contributed by atoms with van der Waals surface area (Å²) in [7, 11) is 0. The third-order valence-corrected chi connectivity index (χ3v) is 4.48. The fourth-order valence-corrected chi connectivity index (χ4v) is 2.71. The number of nitrogens with one attached hydrogen (secondary N) is 2. The molecule has 0 aliphatic carbocycles. The maximum Gasteiger partial charge on any atom is 0.336 e. The van der Waals surface area contributed by atoms with Crippen LogP contribution in [0.2, 0.25) is 5.02 Å². The molecule has 0 heterocycles. The molecule has 3 aromatic carbocycles. The molecule has 8 heteroatoms. The first-order valence-corrected chi connectivity index (χ1v) is 10.3. The van der Waals surface area contributed by atoms with Gasteiger partial charge >= 0.3 is 5.97 Å². The Morgan fingerprint density at radius 1 is 0.879 bits per heavy atom. The molecule has 0 atom stereocenters. The minimum absolute atomic E-state index is 0.232. The number of carbonyl (C=O) groups is 3. The topological polar surface area (TPSA) is 96.9 Å². The van der Waals surface area contributed by atoms with E-state index in [1.165, 1.54) is 12.3 Å². The molecule has 0 aliphatic heterocycles. The first kappa shape index (κ1) is 23.4. The van der Waals surface area contributed by atoms with E-state index < -0.39 is 17.8 Å². The molecule has 0 unspecified atom stereocenters. The number of hydrogen-bond donors (Lipinski definition) is 2. The lowest BCUT2D eigenvalue weighted by Crippen LogP contribution is -2.34. The van der Waals surface area contributed by atoms with Crippen molar-refractivity contribution in [2.24, 2.45) is 5.10 Å². The van der Waals surface area contributed by atoms with Crippen LogP contribution in [-0.4, -0.2) is 30.5 Å². The predicted molar refractivity (Wildman–Crippen MR) is 127 cm³/mol. The van der Waals surface area contributed by atoms with Crippen LogP contribution in [0.5, 0.6) is 5.75 Å². The number of amides is 2. The molecular formula is C25H20ClN3O4. The molecule has 0 aliphatic rings. The lowest BCUT2D eigenvalue weighted by molar-refractivity contribution is -0.129. The molecule has 0 saturated heterocycles. The van der Waals surface area contributed by atoms with Crippen molar-refractivity contribution in [2.45, 2.75) is 0 Å². The Kier molecular flexibility index (Phi) is 8.50. The van der Waals surface area contributed by atoms with Gasteiger partial charge in [0.15, 0.2) is 0 Å². The monoisotopic (exact) mass is 461 g/mol. The van der Waals surface area contributed by atoms with Gasteiger partial charge in [0.1, 0.15) is 5.75 Å². The number of carbonyl (C=O) groups excluding carboxylic acids is 3. The van der Waals surface area contributed by atoms with Crippen LogP contribution in [0.15, 0.2) is 90.0 Å². The SMILES string of the molecule is O=C(CNC(=O)c1ccc(Cl)cc1)N/N=C\c1ccc(OC(=O)/C=C/c2ccccc2)cc1. The Bertz CT molecular complexity index is 1160. The van der Waals surface area contributed by atoms with E-state index >= 15 is 0 Å². The largest absolute Gasteiger partial charge is 0.423 e. The second kappa shape index (κ2) is 12.0. The van der Waals surface area contributed by atoms with E-state index in [4.69, 9.17) is 16.3 Å². The first-order valence-electron chi connectivity index (χ1n) is 9.90. The molecule has 2 amide bonds. The average molecular weight is 462 g/mol. The van der Waals surface area contributed by atoms with Gasteiger partial charge in [-0.25, -0.2) is 10.2 Å². The van der Waals surface area contributed by atoms with Gasteiger partial charge in [-0.05, 0) is 65.7 Å². The van der Waals surface area contributed by atoms with Crippen molar-refractivity contribution >= 4 is 41.7 Å². The smallest absolute Gasteiger partial charge is 0.336 e. The van der Waals surface area contributed by atoms with Crippen molar-refractivity contribution in [1.82, 2.24) is 10.7 Å². The standard InChI is InChI=1S/C25H20ClN3O4/c26-21-11-9-20(10-12-21)25(32)27-17-23(30)29-28-16-19-6-13-22(14-7-19)33-24(31)15-8-18-4-2-1-3-5-18/h1-16H,17H2,(H,27,32)(H,29,30)/b15-8+,28-16-. The molecular weight excluding hydrogens is 442 g/mol. The van der Waals surface area contributed by atoms with Gasteiger partial charge in [-0.2, -0.15) is 5.10 Å². The van der Waals surface area contributed by atoms with Crippen LogP contribution >= 0.6 is 11.6 Å². The fourth-order valence-electron chi connectivity index (χ4n) is 2.58. The highest BCUT2D eigenvalue weighted by atomic mass is 35.5. The van der Waals surface area contributed by atoms with Crippen LogP contribution in [0, 0.1) is 0 Å². The average Bonchev–Trinajstić information content (AvgIpc) is 2.83. The summed E-state index contributed by atoms with van der Waals surface area (Å²) in [6.45, 7) is -0.232. The van der Waals surface area contributed by atoms with Crippen molar-refractivity contribution < 1.29 is 19.1 Å². The Morgan fingerprint density at radius 2 is 1.58 bits per heavy atom. The molecule has 2 N–H and O–H groups in total. The zero-order valence-corrected chi connectivity index (χ0v) is 18.2. The molecule has 7 nitrogen and oxygen atoms in total. The third kappa shape index (κ3) is 8.08. The number of halogens is 1. The maximum atomic E-state index is 12.0. The summed E-state index contributed by atoms with van der Waals surface area (Å²) in [5.74, 6) is -0.990. The number of nitrogens with zero attached hydrogens (tertiary/aromatic N) is 1. The second-order valence-electron chi connectivity index (χ2n) is 6.72. The Balaban J connectivity index is 1.41. The number of esters is 1. The Labute approximate surface area is 195 Å². The molecule has 166 valence electrons. The highest BCUT2D eigenvalue weighted by Gasteiger charge is 2.07. The van der Waals surface area contributed by atoms with Crippen LogP contribution in [0.4, 0.5) is 0 Å². The first-order chi connectivity index (χ1) is 16.0. The summed E-state index contributed by atoms with van der Waals surface area (Å²) < 4.78 is 5.24. The summed E-state index contributed by atoms with van der Waals surface area (Å²) in [6.07, 6.45) is 4.45. The minimum Gasteiger partial charge on any atom is -0.423 e. The third-order valence-electron chi connectivity index (χ3n) is 4.23. The van der Waals surface area contributed by atoms with Crippen molar-refractivity contribution in [2.75, 3.05) is 6.54 Å². The van der Waals surface area contributed by atoms with Crippen molar-refractivity contribution in [1.29, 1.82) is 0 Å². The van der Waals surface area contributed by atoms with Gasteiger partial charge in [-0.3, -0.25) is 9.59 Å². The normalized spacial score (nSPS) is 10.8. The number of ether oxygens (including phenoxy) is 1. The molecule has 0 bridgehead atoms. The van der Waals surface area contributed by atoms with Gasteiger partial charge in [0.05, 0.1) is 12.8 Å². The molecule has 3 rings (SSSR count). The van der Waals surface area contributed by atoms with Crippen molar-refractivity contribution in [3.63, 3.8) is 0 Å². The van der Waals surface area contributed by atoms with Gasteiger partial charge in [-0.1, -0.05) is 41.9 Å². The number of benzene rings is 3. The highest BCUT2D eigenvalue weighted by molar-refractivity contribution is 6.30. The van der Waals surface area contributed by atoms with Gasteiger partial charge in [0.2, 0.25) is 0 Å². The summed E-state index contributed by atoms with van der Waals surface area (Å²) in [5, 5.41) is 6.85. The number of rotatable bonds is 8. The minimum atomic E-state index is -0.492. The molecule has 3 aromatic rings. The van der Waals surface area contributed by atoms with Crippen LogP contribution in [0.3, 0.4) is 0 Å². The lowest BCUT2D eigenvalue weighted by atomic mass is 10.2. The molecule has 0 saturated carbocycles. The quantitative estimate of drug-likeness (QED) is 0.175. The fraction of sp³-hybridized carbons (Fsp3) is 0.0400. The van der Waals surface area contributed by atoms with E-state index in [2.05, 4.69) is 15.8 Å². The summed E-state index contributed by atoms with van der Waals surface area (Å²) in [4.78, 5) is 35.7. The van der Waals surface area contributed by atoms with Crippen molar-refractivity contribution in [3.8, 4) is 5.75 Å². The van der Waals surface area contributed by atoms with Gasteiger partial charge in [0.25, 0.3) is 11.8 Å². The molecule has 0 spiro atoms. The zero-order valence-electron chi connectivity index (χ0n) is 17.4. The Hall–Kier alpha value is -4.23. The van der Waals surface area contributed by atoms with E-state index in [1.807, 2.05) is 30.3 Å². The summed E-state index contributed by atoms with van der Waals surface area (Å²) >= 11 is 5.78. The van der Waals surface area contributed by atoms with Crippen LogP contribution in [0.25, 0.3) is 6.08 Å². The molecule has 0 radical (unpaired) electrons. The van der Waals surface area contributed by atoms with Gasteiger partial charge in [-0.15, -0.1) is 0 Å². The number of hydrazone groups is 1. The van der Waals surface area contributed by atoms with Crippen LogP contribution in [-0.2, 0) is 9.59 Å².